The summed E-state index contributed by atoms with van der Waals surface area (Å²) in [5.74, 6) is -0.573. The number of hydrogen-bond acceptors (Lipinski definition) is 3. The van der Waals surface area contributed by atoms with Gasteiger partial charge < -0.3 is 10.5 Å². The number of carbonyl (C=O) groups is 1. The lowest BCUT2D eigenvalue weighted by atomic mass is 10.1. The van der Waals surface area contributed by atoms with Gasteiger partial charge in [-0.1, -0.05) is 0 Å². The number of Topliss-reactive ketones (excluding diaryl/α,β-unsaturated/α-hetero) is 1. The van der Waals surface area contributed by atoms with Gasteiger partial charge in [0, 0.05) is 5.56 Å². The molecule has 3 nitrogen and oxygen atoms in total. The SMILES string of the molecule is Nc1ccc(C(=O)C2=CCCCO2)cc1F. The highest BCUT2D eigenvalue weighted by Gasteiger charge is 2.16. The Labute approximate surface area is 92.7 Å². The molecule has 0 spiro atoms. The third-order valence-electron chi connectivity index (χ3n) is 2.42. The second-order valence-corrected chi connectivity index (χ2v) is 3.62. The predicted molar refractivity (Wildman–Crippen MR) is 58.4 cm³/mol. The van der Waals surface area contributed by atoms with Crippen molar-refractivity contribution in [2.24, 2.45) is 0 Å². The van der Waals surface area contributed by atoms with Gasteiger partial charge in [0.2, 0.25) is 5.78 Å². The summed E-state index contributed by atoms with van der Waals surface area (Å²) in [4.78, 5) is 11.9. The van der Waals surface area contributed by atoms with Crippen molar-refractivity contribution in [3.63, 3.8) is 0 Å². The molecule has 1 aromatic rings. The van der Waals surface area contributed by atoms with Crippen LogP contribution in [0.5, 0.6) is 0 Å². The Kier molecular flexibility index (Phi) is 2.90. The second-order valence-electron chi connectivity index (χ2n) is 3.62. The van der Waals surface area contributed by atoms with Crippen molar-refractivity contribution < 1.29 is 13.9 Å². The third kappa shape index (κ3) is 2.05. The number of allylic oxidation sites excluding steroid dienone is 2. The molecule has 0 amide bonds. The molecule has 1 aliphatic rings. The topological polar surface area (TPSA) is 52.3 Å². The van der Waals surface area contributed by atoms with Crippen molar-refractivity contribution in [2.45, 2.75) is 12.8 Å². The Morgan fingerprint density at radius 3 is 2.88 bits per heavy atom. The van der Waals surface area contributed by atoms with E-state index < -0.39 is 5.82 Å². The Balaban J connectivity index is 2.26. The van der Waals surface area contributed by atoms with Gasteiger partial charge in [0.1, 0.15) is 5.82 Å². The number of rotatable bonds is 2. The quantitative estimate of drug-likeness (QED) is 0.615. The summed E-state index contributed by atoms with van der Waals surface area (Å²) in [5, 5.41) is 0. The maximum atomic E-state index is 13.2. The number of benzene rings is 1. The zero-order valence-corrected chi connectivity index (χ0v) is 8.70. The van der Waals surface area contributed by atoms with Crippen LogP contribution in [0.2, 0.25) is 0 Å². The first kappa shape index (κ1) is 10.7. The lowest BCUT2D eigenvalue weighted by Gasteiger charge is -2.13. The van der Waals surface area contributed by atoms with Crippen molar-refractivity contribution in [1.82, 2.24) is 0 Å². The van der Waals surface area contributed by atoms with Gasteiger partial charge in [-0.25, -0.2) is 4.39 Å². The van der Waals surface area contributed by atoms with Crippen molar-refractivity contribution in [2.75, 3.05) is 12.3 Å². The summed E-state index contributed by atoms with van der Waals surface area (Å²) in [6.45, 7) is 0.537. The molecule has 1 aliphatic heterocycles. The Morgan fingerprint density at radius 2 is 2.25 bits per heavy atom. The first-order chi connectivity index (χ1) is 7.68. The smallest absolute Gasteiger partial charge is 0.227 e. The zero-order valence-electron chi connectivity index (χ0n) is 8.70. The minimum absolute atomic E-state index is 0.0371. The van der Waals surface area contributed by atoms with E-state index in [1.807, 2.05) is 0 Å². The molecular formula is C12H12FNO2. The Morgan fingerprint density at radius 1 is 1.44 bits per heavy atom. The van der Waals surface area contributed by atoms with Gasteiger partial charge in [0.25, 0.3) is 0 Å². The second kappa shape index (κ2) is 4.35. The van der Waals surface area contributed by atoms with Crippen LogP contribution < -0.4 is 5.73 Å². The van der Waals surface area contributed by atoms with E-state index in [-0.39, 0.29) is 17.0 Å². The molecule has 4 heteroatoms. The monoisotopic (exact) mass is 221 g/mol. The van der Waals surface area contributed by atoms with Crippen molar-refractivity contribution in [1.29, 1.82) is 0 Å². The lowest BCUT2D eigenvalue weighted by molar-refractivity contribution is 0.0898. The van der Waals surface area contributed by atoms with E-state index in [1.54, 1.807) is 6.08 Å². The molecule has 2 rings (SSSR count). The van der Waals surface area contributed by atoms with Crippen LogP contribution in [0, 0.1) is 5.82 Å². The Hall–Kier alpha value is -1.84. The van der Waals surface area contributed by atoms with E-state index in [9.17, 15) is 9.18 Å². The average Bonchev–Trinajstić information content (AvgIpc) is 2.33. The van der Waals surface area contributed by atoms with Crippen LogP contribution in [0.25, 0.3) is 0 Å². The summed E-state index contributed by atoms with van der Waals surface area (Å²) in [6, 6.07) is 4.02. The Bertz CT molecular complexity index is 454. The van der Waals surface area contributed by atoms with E-state index in [0.717, 1.165) is 18.9 Å². The molecule has 0 saturated carbocycles. The number of ketones is 1. The summed E-state index contributed by atoms with van der Waals surface area (Å²) in [6.07, 6.45) is 3.46. The number of nitrogen functional groups attached to an aromatic ring is 1. The van der Waals surface area contributed by atoms with Gasteiger partial charge in [-0.3, -0.25) is 4.79 Å². The van der Waals surface area contributed by atoms with Gasteiger partial charge in [0.15, 0.2) is 5.76 Å². The fraction of sp³-hybridized carbons (Fsp3) is 0.250. The maximum Gasteiger partial charge on any atom is 0.227 e. The van der Waals surface area contributed by atoms with E-state index in [4.69, 9.17) is 10.5 Å². The zero-order chi connectivity index (χ0) is 11.5. The average molecular weight is 221 g/mol. The highest BCUT2D eigenvalue weighted by molar-refractivity contribution is 6.07. The summed E-state index contributed by atoms with van der Waals surface area (Å²) in [7, 11) is 0. The van der Waals surface area contributed by atoms with Crippen molar-refractivity contribution in [3.05, 3.63) is 41.4 Å². The minimum atomic E-state index is -0.581. The van der Waals surface area contributed by atoms with Gasteiger partial charge in [-0.05, 0) is 37.1 Å². The molecule has 0 bridgehead atoms. The first-order valence-electron chi connectivity index (χ1n) is 5.11. The fourth-order valence-electron chi connectivity index (χ4n) is 1.53. The molecule has 2 N–H and O–H groups in total. The van der Waals surface area contributed by atoms with Crippen LogP contribution >= 0.6 is 0 Å². The lowest BCUT2D eigenvalue weighted by Crippen LogP contribution is -2.11. The number of ether oxygens (including phenoxy) is 1. The van der Waals surface area contributed by atoms with E-state index >= 15 is 0 Å². The largest absolute Gasteiger partial charge is 0.490 e. The summed E-state index contributed by atoms with van der Waals surface area (Å²) >= 11 is 0. The van der Waals surface area contributed by atoms with Crippen LogP contribution in [-0.2, 0) is 4.74 Å². The first-order valence-corrected chi connectivity index (χ1v) is 5.11. The van der Waals surface area contributed by atoms with E-state index in [0.29, 0.717) is 12.4 Å². The van der Waals surface area contributed by atoms with Crippen LogP contribution in [-0.4, -0.2) is 12.4 Å². The molecule has 84 valence electrons. The van der Waals surface area contributed by atoms with Crippen molar-refractivity contribution >= 4 is 11.5 Å². The molecule has 1 aromatic carbocycles. The number of anilines is 1. The molecule has 16 heavy (non-hydrogen) atoms. The van der Waals surface area contributed by atoms with Gasteiger partial charge >= 0.3 is 0 Å². The van der Waals surface area contributed by atoms with Crippen LogP contribution in [0.1, 0.15) is 23.2 Å². The highest BCUT2D eigenvalue weighted by Crippen LogP contribution is 2.18. The molecule has 0 fully saturated rings. The summed E-state index contributed by atoms with van der Waals surface area (Å²) in [5.41, 5.74) is 5.64. The molecule has 0 atom stereocenters. The number of carbonyl (C=O) groups excluding carboxylic acids is 1. The molecule has 0 saturated heterocycles. The third-order valence-corrected chi connectivity index (χ3v) is 2.42. The molecule has 0 aromatic heterocycles. The van der Waals surface area contributed by atoms with E-state index in [2.05, 4.69) is 0 Å². The highest BCUT2D eigenvalue weighted by atomic mass is 19.1. The predicted octanol–water partition coefficient (Wildman–Crippen LogP) is 2.28. The molecule has 0 radical (unpaired) electrons. The summed E-state index contributed by atoms with van der Waals surface area (Å²) < 4.78 is 18.4. The number of halogens is 1. The maximum absolute atomic E-state index is 13.2. The van der Waals surface area contributed by atoms with Gasteiger partial charge in [-0.15, -0.1) is 0 Å². The standard InChI is InChI=1S/C12H12FNO2/c13-9-7-8(4-5-10(9)14)12(15)11-3-1-2-6-16-11/h3-5,7H,1-2,6,14H2. The van der Waals surface area contributed by atoms with Gasteiger partial charge in [-0.2, -0.15) is 0 Å². The van der Waals surface area contributed by atoms with Gasteiger partial charge in [0.05, 0.1) is 12.3 Å². The molecule has 0 aliphatic carbocycles. The van der Waals surface area contributed by atoms with Crippen molar-refractivity contribution in [3.8, 4) is 0 Å². The van der Waals surface area contributed by atoms with Crippen LogP contribution in [0.4, 0.5) is 10.1 Å². The van der Waals surface area contributed by atoms with Crippen LogP contribution in [0.3, 0.4) is 0 Å². The fourth-order valence-corrected chi connectivity index (χ4v) is 1.53. The molecular weight excluding hydrogens is 209 g/mol. The number of hydrogen-bond donors (Lipinski definition) is 1. The van der Waals surface area contributed by atoms with Crippen LogP contribution in [0.15, 0.2) is 30.0 Å². The molecule has 1 heterocycles. The van der Waals surface area contributed by atoms with E-state index in [1.165, 1.54) is 12.1 Å². The minimum Gasteiger partial charge on any atom is -0.490 e. The molecule has 0 unspecified atom stereocenters. The number of nitrogens with two attached hydrogens (primary N) is 1. The normalized spacial score (nSPS) is 15.2.